The van der Waals surface area contributed by atoms with E-state index in [0.29, 0.717) is 12.0 Å². The van der Waals surface area contributed by atoms with Crippen LogP contribution < -0.4 is 5.32 Å². The zero-order valence-electron chi connectivity index (χ0n) is 17.4. The number of carbonyl (C=O) groups excluding carboxylic acids is 1. The van der Waals surface area contributed by atoms with Crippen molar-refractivity contribution >= 4 is 5.91 Å². The Bertz CT molecular complexity index is 590. The highest BCUT2D eigenvalue weighted by molar-refractivity contribution is 5.79. The minimum Gasteiger partial charge on any atom is -0.352 e. The van der Waals surface area contributed by atoms with Crippen LogP contribution in [-0.4, -0.2) is 55.0 Å². The maximum absolute atomic E-state index is 12.6. The second-order valence-electron chi connectivity index (χ2n) is 9.07. The normalized spacial score (nSPS) is 22.9. The summed E-state index contributed by atoms with van der Waals surface area (Å²) in [4.78, 5) is 17.4. The van der Waals surface area contributed by atoms with Crippen LogP contribution in [0.2, 0.25) is 0 Å². The van der Waals surface area contributed by atoms with Crippen LogP contribution in [0, 0.1) is 11.8 Å². The molecule has 0 bridgehead atoms. The summed E-state index contributed by atoms with van der Waals surface area (Å²) in [6.45, 7) is 9.72. The van der Waals surface area contributed by atoms with Gasteiger partial charge in [-0.25, -0.2) is 0 Å². The van der Waals surface area contributed by atoms with E-state index >= 15 is 0 Å². The highest BCUT2D eigenvalue weighted by atomic mass is 16.2. The summed E-state index contributed by atoms with van der Waals surface area (Å²) in [6.07, 6.45) is 5.43. The number of benzene rings is 1. The highest BCUT2D eigenvalue weighted by Gasteiger charge is 2.27. The number of likely N-dealkylation sites (tertiary alicyclic amines) is 2. The van der Waals surface area contributed by atoms with Crippen LogP contribution in [-0.2, 0) is 17.8 Å². The molecule has 27 heavy (non-hydrogen) atoms. The molecule has 1 aromatic carbocycles. The van der Waals surface area contributed by atoms with Gasteiger partial charge < -0.3 is 10.2 Å². The van der Waals surface area contributed by atoms with Gasteiger partial charge in [0.15, 0.2) is 0 Å². The molecule has 2 fully saturated rings. The molecule has 4 nitrogen and oxygen atoms in total. The van der Waals surface area contributed by atoms with Gasteiger partial charge in [-0.2, -0.15) is 0 Å². The number of nitrogens with zero attached hydrogens (tertiary/aromatic N) is 2. The summed E-state index contributed by atoms with van der Waals surface area (Å²) in [5, 5.41) is 3.35. The van der Waals surface area contributed by atoms with Crippen LogP contribution in [0.3, 0.4) is 0 Å². The van der Waals surface area contributed by atoms with E-state index in [4.69, 9.17) is 0 Å². The molecule has 2 heterocycles. The molecule has 4 heteroatoms. The fourth-order valence-corrected chi connectivity index (χ4v) is 4.42. The first kappa shape index (κ1) is 20.3. The number of hydrogen-bond acceptors (Lipinski definition) is 3. The van der Waals surface area contributed by atoms with E-state index in [1.165, 1.54) is 17.5 Å². The van der Waals surface area contributed by atoms with Crippen molar-refractivity contribution in [2.45, 2.75) is 58.5 Å². The van der Waals surface area contributed by atoms with Gasteiger partial charge in [0, 0.05) is 25.0 Å². The van der Waals surface area contributed by atoms with Gasteiger partial charge >= 0.3 is 0 Å². The highest BCUT2D eigenvalue weighted by Crippen LogP contribution is 2.19. The number of carbonyl (C=O) groups is 1. The number of nitrogens with one attached hydrogen (secondary N) is 1. The monoisotopic (exact) mass is 371 g/mol. The lowest BCUT2D eigenvalue weighted by atomic mass is 9.95. The maximum Gasteiger partial charge on any atom is 0.223 e. The smallest absolute Gasteiger partial charge is 0.223 e. The summed E-state index contributed by atoms with van der Waals surface area (Å²) in [7, 11) is 2.14. The topological polar surface area (TPSA) is 35.6 Å². The lowest BCUT2D eigenvalue weighted by molar-refractivity contribution is -0.127. The largest absolute Gasteiger partial charge is 0.352 e. The summed E-state index contributed by atoms with van der Waals surface area (Å²) < 4.78 is 0. The molecule has 1 N–H and O–H groups in total. The molecule has 0 saturated carbocycles. The average Bonchev–Trinajstić information content (AvgIpc) is 2.64. The third-order valence-electron chi connectivity index (χ3n) is 6.01. The Morgan fingerprint density at radius 1 is 1.07 bits per heavy atom. The number of piperidine rings is 2. The fraction of sp³-hybridized carbons (Fsp3) is 0.696. The average molecular weight is 372 g/mol. The van der Waals surface area contributed by atoms with Gasteiger partial charge in [0.05, 0.1) is 0 Å². The van der Waals surface area contributed by atoms with E-state index in [0.717, 1.165) is 58.4 Å². The van der Waals surface area contributed by atoms with Crippen molar-refractivity contribution in [2.24, 2.45) is 11.8 Å². The summed E-state index contributed by atoms with van der Waals surface area (Å²) in [5.74, 6) is 1.20. The van der Waals surface area contributed by atoms with Gasteiger partial charge in [0.2, 0.25) is 5.91 Å². The lowest BCUT2D eigenvalue weighted by Crippen LogP contribution is -2.50. The first-order chi connectivity index (χ1) is 13.0. The van der Waals surface area contributed by atoms with Gasteiger partial charge in [0.1, 0.15) is 0 Å². The molecule has 150 valence electrons. The van der Waals surface area contributed by atoms with Crippen LogP contribution in [0.4, 0.5) is 0 Å². The number of rotatable bonds is 6. The molecule has 2 aliphatic rings. The standard InChI is InChI=1S/C23H37N3O/c1-18(2)15-19-6-8-20(9-7-19)16-26-12-4-5-22(17-26)24-23(27)21-10-13-25(3)14-11-21/h6-9,18,21-22H,4-5,10-17H2,1-3H3,(H,24,27)/t22-/m0/s1. The predicted octanol–water partition coefficient (Wildman–Crippen LogP) is 3.31. The molecule has 0 spiro atoms. The van der Waals surface area contributed by atoms with Gasteiger partial charge in [-0.05, 0) is 75.8 Å². The van der Waals surface area contributed by atoms with Crippen molar-refractivity contribution in [3.05, 3.63) is 35.4 Å². The molecule has 3 rings (SSSR count). The van der Waals surface area contributed by atoms with Crippen molar-refractivity contribution < 1.29 is 4.79 Å². The summed E-state index contributed by atoms with van der Waals surface area (Å²) in [5.41, 5.74) is 2.81. The van der Waals surface area contributed by atoms with Gasteiger partial charge in [-0.15, -0.1) is 0 Å². The van der Waals surface area contributed by atoms with Crippen LogP contribution in [0.15, 0.2) is 24.3 Å². The van der Waals surface area contributed by atoms with Crippen molar-refractivity contribution in [2.75, 3.05) is 33.2 Å². The Labute approximate surface area is 165 Å². The third kappa shape index (κ3) is 6.32. The first-order valence-corrected chi connectivity index (χ1v) is 10.8. The molecular formula is C23H37N3O. The molecule has 2 saturated heterocycles. The fourth-order valence-electron chi connectivity index (χ4n) is 4.42. The van der Waals surface area contributed by atoms with Crippen molar-refractivity contribution in [1.29, 1.82) is 0 Å². The molecule has 1 atom stereocenters. The Kier molecular flexibility index (Phi) is 7.31. The van der Waals surface area contributed by atoms with E-state index in [1.807, 2.05) is 0 Å². The second-order valence-corrected chi connectivity index (χ2v) is 9.07. The van der Waals surface area contributed by atoms with E-state index in [1.54, 1.807) is 0 Å². The van der Waals surface area contributed by atoms with E-state index < -0.39 is 0 Å². The van der Waals surface area contributed by atoms with Crippen LogP contribution in [0.1, 0.15) is 50.7 Å². The quantitative estimate of drug-likeness (QED) is 0.833. The minimum absolute atomic E-state index is 0.213. The molecule has 0 radical (unpaired) electrons. The molecule has 0 unspecified atom stereocenters. The molecular weight excluding hydrogens is 334 g/mol. The Morgan fingerprint density at radius 3 is 2.41 bits per heavy atom. The van der Waals surface area contributed by atoms with E-state index in [-0.39, 0.29) is 11.8 Å². The molecule has 0 aliphatic carbocycles. The van der Waals surface area contributed by atoms with Crippen LogP contribution in [0.5, 0.6) is 0 Å². The third-order valence-corrected chi connectivity index (χ3v) is 6.01. The molecule has 2 aliphatic heterocycles. The van der Waals surface area contributed by atoms with Gasteiger partial charge in [0.25, 0.3) is 0 Å². The van der Waals surface area contributed by atoms with Crippen molar-refractivity contribution in [3.8, 4) is 0 Å². The zero-order chi connectivity index (χ0) is 19.2. The first-order valence-electron chi connectivity index (χ1n) is 10.8. The number of amides is 1. The minimum atomic E-state index is 0.213. The Hall–Kier alpha value is -1.39. The van der Waals surface area contributed by atoms with E-state index in [2.05, 4.69) is 60.3 Å². The van der Waals surface area contributed by atoms with Gasteiger partial charge in [-0.3, -0.25) is 9.69 Å². The predicted molar refractivity (Wildman–Crippen MR) is 112 cm³/mol. The van der Waals surface area contributed by atoms with Crippen LogP contribution in [0.25, 0.3) is 0 Å². The maximum atomic E-state index is 12.6. The molecule has 0 aromatic heterocycles. The Morgan fingerprint density at radius 2 is 1.74 bits per heavy atom. The lowest BCUT2D eigenvalue weighted by Gasteiger charge is -2.35. The molecule has 1 aromatic rings. The molecule has 1 amide bonds. The van der Waals surface area contributed by atoms with Gasteiger partial charge in [-0.1, -0.05) is 38.1 Å². The van der Waals surface area contributed by atoms with Crippen molar-refractivity contribution in [3.63, 3.8) is 0 Å². The Balaban J connectivity index is 1.47. The summed E-state index contributed by atoms with van der Waals surface area (Å²) in [6, 6.07) is 9.42. The van der Waals surface area contributed by atoms with Crippen molar-refractivity contribution in [1.82, 2.24) is 15.1 Å². The SMILES string of the molecule is CC(C)Cc1ccc(CN2CCC[C@H](NC(=O)C3CCN(C)CC3)C2)cc1. The summed E-state index contributed by atoms with van der Waals surface area (Å²) >= 11 is 0. The second kappa shape index (κ2) is 9.70. The van der Waals surface area contributed by atoms with E-state index in [9.17, 15) is 4.79 Å². The van der Waals surface area contributed by atoms with Crippen LogP contribution >= 0.6 is 0 Å². The zero-order valence-corrected chi connectivity index (χ0v) is 17.4. The number of hydrogen-bond donors (Lipinski definition) is 1.